The maximum Gasteiger partial charge on any atom is 0.258 e. The number of likely N-dealkylation sites (tertiary alicyclic amines) is 3. The molecule has 2 amide bonds. The second-order valence-electron chi connectivity index (χ2n) is 12.4. The lowest BCUT2D eigenvalue weighted by atomic mass is 9.92. The van der Waals surface area contributed by atoms with Gasteiger partial charge in [-0.15, -0.1) is 0 Å². The lowest BCUT2D eigenvalue weighted by Crippen LogP contribution is -2.61. The van der Waals surface area contributed by atoms with Gasteiger partial charge in [0.1, 0.15) is 0 Å². The number of piperidine rings is 1. The molecule has 3 saturated heterocycles. The van der Waals surface area contributed by atoms with Crippen LogP contribution in [-0.2, 0) is 10.4 Å². The summed E-state index contributed by atoms with van der Waals surface area (Å²) in [5.41, 5.74) is 0.195. The smallest absolute Gasteiger partial charge is 0.258 e. The van der Waals surface area contributed by atoms with Crippen LogP contribution in [0.5, 0.6) is 0 Å². The predicted molar refractivity (Wildman–Crippen MR) is 160 cm³/mol. The minimum Gasteiger partial charge on any atom is -0.380 e. The number of carbonyl (C=O) groups excluding carboxylic acids is 2. The average molecular weight is 608 g/mol. The zero-order chi connectivity index (χ0) is 28.8. The van der Waals surface area contributed by atoms with Crippen molar-refractivity contribution in [3.8, 4) is 0 Å². The van der Waals surface area contributed by atoms with Crippen LogP contribution in [0, 0.1) is 5.41 Å². The number of halogens is 3. The molecule has 1 atom stereocenters. The van der Waals surface area contributed by atoms with E-state index in [2.05, 4.69) is 24.1 Å². The van der Waals surface area contributed by atoms with E-state index in [1.807, 2.05) is 23.1 Å². The van der Waals surface area contributed by atoms with Crippen LogP contribution in [0.2, 0.25) is 15.1 Å². The molecule has 0 bridgehead atoms. The summed E-state index contributed by atoms with van der Waals surface area (Å²) in [6.07, 6.45) is 2.68. The molecule has 3 heterocycles. The number of hydrogen-bond donors (Lipinski definition) is 2. The molecule has 2 aromatic carbocycles. The fraction of sp³-hybridized carbons (Fsp3) is 0.533. The van der Waals surface area contributed by atoms with Gasteiger partial charge in [-0.3, -0.25) is 14.5 Å². The molecule has 0 spiro atoms. The summed E-state index contributed by atoms with van der Waals surface area (Å²) < 4.78 is 0. The maximum atomic E-state index is 13.2. The van der Waals surface area contributed by atoms with E-state index in [0.717, 1.165) is 51.1 Å². The molecule has 0 aliphatic carbocycles. The van der Waals surface area contributed by atoms with Crippen molar-refractivity contribution < 1.29 is 14.7 Å². The number of benzene rings is 2. The fourth-order valence-corrected chi connectivity index (χ4v) is 6.84. The van der Waals surface area contributed by atoms with E-state index < -0.39 is 5.60 Å². The summed E-state index contributed by atoms with van der Waals surface area (Å²) in [4.78, 5) is 32.2. The topological polar surface area (TPSA) is 76.1 Å². The van der Waals surface area contributed by atoms with Crippen LogP contribution < -0.4 is 5.32 Å². The molecule has 0 saturated carbocycles. The number of nitrogens with one attached hydrogen (secondary N) is 1. The van der Waals surface area contributed by atoms with Crippen LogP contribution in [0.3, 0.4) is 0 Å². The summed E-state index contributed by atoms with van der Waals surface area (Å²) in [6.45, 7) is 10.3. The minimum atomic E-state index is -1.74. The van der Waals surface area contributed by atoms with Crippen LogP contribution in [0.25, 0.3) is 0 Å². The number of nitrogens with zero attached hydrogens (tertiary/aromatic N) is 3. The Morgan fingerprint density at radius 3 is 2.30 bits per heavy atom. The van der Waals surface area contributed by atoms with E-state index >= 15 is 0 Å². The van der Waals surface area contributed by atoms with E-state index in [1.54, 1.807) is 23.1 Å². The van der Waals surface area contributed by atoms with E-state index in [4.69, 9.17) is 34.8 Å². The van der Waals surface area contributed by atoms with Crippen molar-refractivity contribution in [2.24, 2.45) is 5.41 Å². The second kappa shape index (κ2) is 11.3. The third-order valence-corrected chi connectivity index (χ3v) is 9.46. The van der Waals surface area contributed by atoms with Crippen molar-refractivity contribution in [2.45, 2.75) is 57.7 Å². The zero-order valence-corrected chi connectivity index (χ0v) is 25.5. The highest BCUT2D eigenvalue weighted by Crippen LogP contribution is 2.34. The van der Waals surface area contributed by atoms with Gasteiger partial charge in [0.2, 0.25) is 0 Å². The van der Waals surface area contributed by atoms with Crippen LogP contribution in [-0.4, -0.2) is 83.0 Å². The molecular formula is C30H37Cl3N4O3. The molecule has 7 nitrogen and oxygen atoms in total. The van der Waals surface area contributed by atoms with Crippen molar-refractivity contribution in [3.05, 3.63) is 62.6 Å². The van der Waals surface area contributed by atoms with Crippen molar-refractivity contribution in [1.82, 2.24) is 14.7 Å². The van der Waals surface area contributed by atoms with Crippen molar-refractivity contribution >= 4 is 52.3 Å². The Hall–Kier alpha value is -2.03. The van der Waals surface area contributed by atoms with Crippen molar-refractivity contribution in [2.75, 3.05) is 44.6 Å². The van der Waals surface area contributed by atoms with Gasteiger partial charge in [0.25, 0.3) is 11.8 Å². The Morgan fingerprint density at radius 2 is 1.68 bits per heavy atom. The van der Waals surface area contributed by atoms with Crippen molar-refractivity contribution in [3.63, 3.8) is 0 Å². The fourth-order valence-electron chi connectivity index (χ4n) is 6.10. The molecule has 40 heavy (non-hydrogen) atoms. The van der Waals surface area contributed by atoms with Gasteiger partial charge in [-0.05, 0) is 68.0 Å². The first-order valence-electron chi connectivity index (χ1n) is 13.9. The summed E-state index contributed by atoms with van der Waals surface area (Å²) in [5, 5.41) is 15.8. The average Bonchev–Trinajstić information content (AvgIpc) is 3.26. The Labute approximate surface area is 251 Å². The van der Waals surface area contributed by atoms with Gasteiger partial charge in [0.05, 0.1) is 16.6 Å². The van der Waals surface area contributed by atoms with Gasteiger partial charge >= 0.3 is 0 Å². The number of hydrogen-bond acceptors (Lipinski definition) is 5. The molecule has 5 rings (SSSR count). The van der Waals surface area contributed by atoms with E-state index in [0.29, 0.717) is 51.4 Å². The summed E-state index contributed by atoms with van der Waals surface area (Å²) in [5.74, 6) is -0.357. The zero-order valence-electron chi connectivity index (χ0n) is 23.2. The lowest BCUT2D eigenvalue weighted by molar-refractivity contribution is -0.152. The van der Waals surface area contributed by atoms with Gasteiger partial charge in [-0.25, -0.2) is 0 Å². The number of carbonyl (C=O) groups is 2. The monoisotopic (exact) mass is 606 g/mol. The standard InChI is InChI=1S/C30H37Cl3N4O3/c1-29(2)10-13-36(18-29)27(38)23-6-5-20(15-26(23)33)34-21-16-37(17-21)22-8-11-35(12-9-22)28(39)30(3,40)24-14-19(31)4-7-25(24)32/h4-7,14-15,21-22,34,40H,8-13,16-18H2,1-3H3/t30-/m0/s1. The molecule has 0 radical (unpaired) electrons. The number of aliphatic hydroxyl groups is 1. The Morgan fingerprint density at radius 1 is 0.975 bits per heavy atom. The molecular weight excluding hydrogens is 571 g/mol. The molecule has 2 aromatic rings. The summed E-state index contributed by atoms with van der Waals surface area (Å²) >= 11 is 18.9. The molecule has 2 N–H and O–H groups in total. The molecule has 0 aromatic heterocycles. The second-order valence-corrected chi connectivity index (χ2v) is 13.6. The number of amides is 2. The summed E-state index contributed by atoms with van der Waals surface area (Å²) in [7, 11) is 0. The normalized spacial score (nSPS) is 21.7. The Balaban J connectivity index is 1.10. The maximum absolute atomic E-state index is 13.2. The van der Waals surface area contributed by atoms with Gasteiger partial charge in [-0.1, -0.05) is 48.7 Å². The van der Waals surface area contributed by atoms with Crippen LogP contribution in [0.1, 0.15) is 56.0 Å². The van der Waals surface area contributed by atoms with Crippen LogP contribution >= 0.6 is 34.8 Å². The van der Waals surface area contributed by atoms with Crippen LogP contribution in [0.4, 0.5) is 5.69 Å². The molecule has 3 aliphatic heterocycles. The highest BCUT2D eigenvalue weighted by molar-refractivity contribution is 6.34. The van der Waals surface area contributed by atoms with Gasteiger partial charge in [-0.2, -0.15) is 0 Å². The van der Waals surface area contributed by atoms with Crippen LogP contribution in [0.15, 0.2) is 36.4 Å². The molecule has 3 aliphatic rings. The predicted octanol–water partition coefficient (Wildman–Crippen LogP) is 5.51. The van der Waals surface area contributed by atoms with Gasteiger partial charge in [0, 0.05) is 66.6 Å². The Bertz CT molecular complexity index is 1290. The van der Waals surface area contributed by atoms with Gasteiger partial charge < -0.3 is 20.2 Å². The first-order valence-corrected chi connectivity index (χ1v) is 15.0. The third-order valence-electron chi connectivity index (χ3n) is 8.58. The number of rotatable bonds is 6. The largest absolute Gasteiger partial charge is 0.380 e. The molecule has 10 heteroatoms. The van der Waals surface area contributed by atoms with Crippen molar-refractivity contribution in [1.29, 1.82) is 0 Å². The van der Waals surface area contributed by atoms with E-state index in [-0.39, 0.29) is 17.2 Å². The van der Waals surface area contributed by atoms with E-state index in [1.165, 1.54) is 6.92 Å². The third kappa shape index (κ3) is 6.09. The molecule has 0 unspecified atom stereocenters. The SMILES string of the molecule is CC1(C)CCN(C(=O)c2ccc(NC3CN(C4CCN(C(=O)[C@@](C)(O)c5cc(Cl)ccc5Cl)CC4)C3)cc2Cl)C1. The quantitative estimate of drug-likeness (QED) is 0.453. The van der Waals surface area contributed by atoms with E-state index in [9.17, 15) is 14.7 Å². The summed E-state index contributed by atoms with van der Waals surface area (Å²) in [6, 6.07) is 11.1. The number of anilines is 1. The Kier molecular flexibility index (Phi) is 8.35. The molecule has 216 valence electrons. The highest BCUT2D eigenvalue weighted by atomic mass is 35.5. The molecule has 3 fully saturated rings. The first-order chi connectivity index (χ1) is 18.8. The van der Waals surface area contributed by atoms with Gasteiger partial charge in [0.15, 0.2) is 5.60 Å². The lowest BCUT2D eigenvalue weighted by Gasteiger charge is -2.48. The first kappa shape index (κ1) is 29.5. The highest BCUT2D eigenvalue weighted by Gasteiger charge is 2.41. The minimum absolute atomic E-state index is 0.000977.